The van der Waals surface area contributed by atoms with Gasteiger partial charge >= 0.3 is 0 Å². The monoisotopic (exact) mass is 218 g/mol. The van der Waals surface area contributed by atoms with Crippen LogP contribution in [0.15, 0.2) is 35.5 Å². The molecular weight excluding hydrogens is 204 g/mol. The maximum Gasteiger partial charge on any atom is 0.268 e. The zero-order valence-corrected chi connectivity index (χ0v) is 9.14. The van der Waals surface area contributed by atoms with E-state index >= 15 is 0 Å². The first-order chi connectivity index (χ1) is 7.79. The number of carbonyl (C=O) groups is 1. The molecule has 1 N–H and O–H groups in total. The Kier molecular flexibility index (Phi) is 3.19. The van der Waals surface area contributed by atoms with Gasteiger partial charge in [-0.3, -0.25) is 4.79 Å². The Labute approximate surface area is 94.3 Å². The Morgan fingerprint density at radius 3 is 2.88 bits per heavy atom. The fourth-order valence-electron chi connectivity index (χ4n) is 1.52. The SMILES string of the molecule is CCC1=NO[C@@H](C(=O)Nc2ccccc2)C1. The zero-order chi connectivity index (χ0) is 11.4. The van der Waals surface area contributed by atoms with Crippen molar-refractivity contribution in [3.8, 4) is 0 Å². The average molecular weight is 218 g/mol. The fraction of sp³-hybridized carbons (Fsp3) is 0.333. The summed E-state index contributed by atoms with van der Waals surface area (Å²) in [6, 6.07) is 9.33. The molecule has 84 valence electrons. The van der Waals surface area contributed by atoms with Gasteiger partial charge in [0.05, 0.1) is 5.71 Å². The normalized spacial score (nSPS) is 18.8. The number of rotatable bonds is 3. The number of benzene rings is 1. The average Bonchev–Trinajstić information content (AvgIpc) is 2.79. The van der Waals surface area contributed by atoms with E-state index in [0.717, 1.165) is 17.8 Å². The summed E-state index contributed by atoms with van der Waals surface area (Å²) in [4.78, 5) is 16.8. The molecule has 1 aliphatic rings. The van der Waals surface area contributed by atoms with E-state index in [9.17, 15) is 4.79 Å². The summed E-state index contributed by atoms with van der Waals surface area (Å²) >= 11 is 0. The lowest BCUT2D eigenvalue weighted by Crippen LogP contribution is -2.27. The maximum absolute atomic E-state index is 11.8. The summed E-state index contributed by atoms with van der Waals surface area (Å²) in [7, 11) is 0. The van der Waals surface area contributed by atoms with Crippen LogP contribution in [-0.2, 0) is 9.63 Å². The van der Waals surface area contributed by atoms with Crippen LogP contribution in [0.1, 0.15) is 19.8 Å². The highest BCUT2D eigenvalue weighted by Gasteiger charge is 2.27. The minimum Gasteiger partial charge on any atom is -0.382 e. The third-order valence-electron chi connectivity index (χ3n) is 2.47. The maximum atomic E-state index is 11.8. The largest absolute Gasteiger partial charge is 0.382 e. The minimum absolute atomic E-state index is 0.140. The Morgan fingerprint density at radius 2 is 2.25 bits per heavy atom. The number of carbonyl (C=O) groups excluding carboxylic acids is 1. The number of para-hydroxylation sites is 1. The highest BCUT2D eigenvalue weighted by atomic mass is 16.6. The van der Waals surface area contributed by atoms with Gasteiger partial charge in [-0.1, -0.05) is 30.3 Å². The van der Waals surface area contributed by atoms with Crippen molar-refractivity contribution in [3.63, 3.8) is 0 Å². The Balaban J connectivity index is 1.91. The molecule has 1 aromatic carbocycles. The third-order valence-corrected chi connectivity index (χ3v) is 2.47. The van der Waals surface area contributed by atoms with Gasteiger partial charge < -0.3 is 10.2 Å². The van der Waals surface area contributed by atoms with E-state index in [2.05, 4.69) is 10.5 Å². The summed E-state index contributed by atoms with van der Waals surface area (Å²) < 4.78 is 0. The van der Waals surface area contributed by atoms with Crippen molar-refractivity contribution in [1.82, 2.24) is 0 Å². The van der Waals surface area contributed by atoms with E-state index in [1.165, 1.54) is 0 Å². The second kappa shape index (κ2) is 4.79. The van der Waals surface area contributed by atoms with Gasteiger partial charge in [0.25, 0.3) is 5.91 Å². The topological polar surface area (TPSA) is 50.7 Å². The second-order valence-electron chi connectivity index (χ2n) is 3.66. The van der Waals surface area contributed by atoms with Crippen molar-refractivity contribution >= 4 is 17.3 Å². The third kappa shape index (κ3) is 2.39. The predicted molar refractivity (Wildman–Crippen MR) is 62.3 cm³/mol. The molecule has 1 aromatic rings. The molecule has 1 atom stereocenters. The first-order valence-electron chi connectivity index (χ1n) is 5.37. The first-order valence-corrected chi connectivity index (χ1v) is 5.37. The molecule has 4 nitrogen and oxygen atoms in total. The molecular formula is C12H14N2O2. The molecule has 0 unspecified atom stereocenters. The van der Waals surface area contributed by atoms with E-state index in [-0.39, 0.29) is 5.91 Å². The van der Waals surface area contributed by atoms with Crippen molar-refractivity contribution in [2.75, 3.05) is 5.32 Å². The van der Waals surface area contributed by atoms with Gasteiger partial charge in [-0.2, -0.15) is 0 Å². The molecule has 0 fully saturated rings. The van der Waals surface area contributed by atoms with Crippen LogP contribution in [0.5, 0.6) is 0 Å². The molecule has 0 aliphatic carbocycles. The fourth-order valence-corrected chi connectivity index (χ4v) is 1.52. The van der Waals surface area contributed by atoms with Gasteiger partial charge in [-0.15, -0.1) is 0 Å². The Morgan fingerprint density at radius 1 is 1.50 bits per heavy atom. The molecule has 0 saturated carbocycles. The van der Waals surface area contributed by atoms with Crippen LogP contribution in [0.2, 0.25) is 0 Å². The van der Waals surface area contributed by atoms with Gasteiger partial charge in [0, 0.05) is 12.1 Å². The second-order valence-corrected chi connectivity index (χ2v) is 3.66. The van der Waals surface area contributed by atoms with Gasteiger partial charge in [0.1, 0.15) is 0 Å². The molecule has 0 saturated heterocycles. The lowest BCUT2D eigenvalue weighted by atomic mass is 10.1. The van der Waals surface area contributed by atoms with Crippen molar-refractivity contribution in [2.24, 2.45) is 5.16 Å². The molecule has 1 aliphatic heterocycles. The lowest BCUT2D eigenvalue weighted by molar-refractivity contribution is -0.125. The molecule has 1 heterocycles. The van der Waals surface area contributed by atoms with Crippen molar-refractivity contribution < 1.29 is 9.63 Å². The lowest BCUT2D eigenvalue weighted by Gasteiger charge is -2.08. The Bertz CT molecular complexity index is 401. The number of hydrogen-bond acceptors (Lipinski definition) is 3. The first kappa shape index (κ1) is 10.7. The van der Waals surface area contributed by atoms with Gasteiger partial charge in [0.15, 0.2) is 0 Å². The van der Waals surface area contributed by atoms with E-state index in [1.807, 2.05) is 37.3 Å². The van der Waals surface area contributed by atoms with Crippen molar-refractivity contribution in [3.05, 3.63) is 30.3 Å². The molecule has 1 amide bonds. The molecule has 0 aromatic heterocycles. The molecule has 4 heteroatoms. The van der Waals surface area contributed by atoms with Gasteiger partial charge in [0.2, 0.25) is 6.10 Å². The molecule has 0 bridgehead atoms. The van der Waals surface area contributed by atoms with Crippen molar-refractivity contribution in [2.45, 2.75) is 25.9 Å². The van der Waals surface area contributed by atoms with Crippen LogP contribution in [0.3, 0.4) is 0 Å². The summed E-state index contributed by atoms with van der Waals surface area (Å²) in [5.74, 6) is -0.140. The summed E-state index contributed by atoms with van der Waals surface area (Å²) in [6.45, 7) is 2.00. The molecule has 0 spiro atoms. The van der Waals surface area contributed by atoms with E-state index < -0.39 is 6.10 Å². The number of nitrogens with zero attached hydrogens (tertiary/aromatic N) is 1. The molecule has 0 radical (unpaired) electrons. The van der Waals surface area contributed by atoms with Crippen LogP contribution in [0.25, 0.3) is 0 Å². The predicted octanol–water partition coefficient (Wildman–Crippen LogP) is 2.18. The van der Waals surface area contributed by atoms with Crippen LogP contribution in [0, 0.1) is 0 Å². The van der Waals surface area contributed by atoms with Gasteiger partial charge in [-0.05, 0) is 18.6 Å². The smallest absolute Gasteiger partial charge is 0.268 e. The van der Waals surface area contributed by atoms with Crippen LogP contribution in [0.4, 0.5) is 5.69 Å². The van der Waals surface area contributed by atoms with Crippen LogP contribution in [-0.4, -0.2) is 17.7 Å². The number of anilines is 1. The highest BCUT2D eigenvalue weighted by molar-refractivity contribution is 5.99. The van der Waals surface area contributed by atoms with Crippen molar-refractivity contribution in [1.29, 1.82) is 0 Å². The standard InChI is InChI=1S/C12H14N2O2/c1-2-9-8-11(16-14-9)12(15)13-10-6-4-3-5-7-10/h3-7,11H,2,8H2,1H3,(H,13,15)/t11-/m1/s1. The van der Waals surface area contributed by atoms with Crippen LogP contribution >= 0.6 is 0 Å². The quantitative estimate of drug-likeness (QED) is 0.845. The molecule has 2 rings (SSSR count). The summed E-state index contributed by atoms with van der Waals surface area (Å²) in [5, 5.41) is 6.65. The summed E-state index contributed by atoms with van der Waals surface area (Å²) in [5.41, 5.74) is 1.72. The number of hydrogen-bond donors (Lipinski definition) is 1. The van der Waals surface area contributed by atoms with E-state index in [1.54, 1.807) is 0 Å². The Hall–Kier alpha value is -1.84. The number of nitrogens with one attached hydrogen (secondary N) is 1. The van der Waals surface area contributed by atoms with Gasteiger partial charge in [-0.25, -0.2) is 0 Å². The summed E-state index contributed by atoms with van der Waals surface area (Å²) in [6.07, 6.45) is 0.944. The van der Waals surface area contributed by atoms with E-state index in [0.29, 0.717) is 6.42 Å². The number of oxime groups is 1. The zero-order valence-electron chi connectivity index (χ0n) is 9.14. The molecule has 16 heavy (non-hydrogen) atoms. The highest BCUT2D eigenvalue weighted by Crippen LogP contribution is 2.15. The van der Waals surface area contributed by atoms with Crippen LogP contribution < -0.4 is 5.32 Å². The number of amides is 1. The van der Waals surface area contributed by atoms with E-state index in [4.69, 9.17) is 4.84 Å². The minimum atomic E-state index is -0.477.